The largest absolute Gasteiger partial charge is 0.376 e. The van der Waals surface area contributed by atoms with E-state index in [1.165, 1.54) is 11.1 Å². The van der Waals surface area contributed by atoms with Crippen molar-refractivity contribution >= 4 is 0 Å². The van der Waals surface area contributed by atoms with Gasteiger partial charge in [-0.3, -0.25) is 4.79 Å². The van der Waals surface area contributed by atoms with Gasteiger partial charge in [0.25, 0.3) is 5.56 Å². The summed E-state index contributed by atoms with van der Waals surface area (Å²) < 4.78 is 7.20. The Hall–Kier alpha value is -1.98. The van der Waals surface area contributed by atoms with Crippen molar-refractivity contribution in [3.63, 3.8) is 0 Å². The zero-order valence-electron chi connectivity index (χ0n) is 15.7. The van der Waals surface area contributed by atoms with Crippen LogP contribution >= 0.6 is 0 Å². The highest BCUT2D eigenvalue weighted by Crippen LogP contribution is 2.29. The van der Waals surface area contributed by atoms with E-state index in [9.17, 15) is 4.79 Å². The van der Waals surface area contributed by atoms with Crippen molar-refractivity contribution in [2.75, 3.05) is 6.61 Å². The third kappa shape index (κ3) is 3.46. The molecule has 1 N–H and O–H groups in total. The molecule has 1 aliphatic heterocycles. The molecule has 5 nitrogen and oxygen atoms in total. The molecule has 3 aliphatic rings. The summed E-state index contributed by atoms with van der Waals surface area (Å²) in [4.78, 5) is 12.5. The molecule has 5 rings (SSSR count). The first-order valence-corrected chi connectivity index (χ1v) is 10.3. The number of rotatable bonds is 3. The van der Waals surface area contributed by atoms with Crippen molar-refractivity contribution < 1.29 is 4.74 Å². The predicted molar refractivity (Wildman–Crippen MR) is 104 cm³/mol. The highest BCUT2D eigenvalue weighted by molar-refractivity contribution is 5.33. The average molecular weight is 365 g/mol. The van der Waals surface area contributed by atoms with Gasteiger partial charge in [-0.1, -0.05) is 24.3 Å². The maximum atomic E-state index is 12.5. The number of ether oxygens (including phenoxy) is 1. The Balaban J connectivity index is 1.21. The van der Waals surface area contributed by atoms with Gasteiger partial charge < -0.3 is 10.1 Å². The number of fused-ring (bicyclic) bond motifs is 2. The summed E-state index contributed by atoms with van der Waals surface area (Å²) in [5.41, 5.74) is 5.04. The lowest BCUT2D eigenvalue weighted by Crippen LogP contribution is -2.42. The summed E-state index contributed by atoms with van der Waals surface area (Å²) in [6.45, 7) is 1.23. The molecule has 0 amide bonds. The fourth-order valence-electron chi connectivity index (χ4n) is 4.99. The maximum absolute atomic E-state index is 12.5. The minimum absolute atomic E-state index is 0.0295. The third-order valence-corrected chi connectivity index (χ3v) is 6.43. The number of nitrogens with one attached hydrogen (secondary N) is 1. The normalized spacial score (nSPS) is 25.2. The van der Waals surface area contributed by atoms with Gasteiger partial charge in [-0.25, -0.2) is 4.68 Å². The lowest BCUT2D eigenvalue weighted by Gasteiger charge is -2.32. The van der Waals surface area contributed by atoms with Crippen molar-refractivity contribution in [2.45, 2.75) is 69.7 Å². The first-order valence-electron chi connectivity index (χ1n) is 10.3. The van der Waals surface area contributed by atoms with Crippen LogP contribution in [0.25, 0.3) is 0 Å². The first-order chi connectivity index (χ1) is 13.3. The Bertz CT molecular complexity index is 858. The van der Waals surface area contributed by atoms with Crippen molar-refractivity contribution in [1.29, 1.82) is 0 Å². The molecule has 5 heteroatoms. The fraction of sp³-hybridized carbons (Fsp3) is 0.545. The summed E-state index contributed by atoms with van der Waals surface area (Å²) in [6.07, 6.45) is 7.39. The van der Waals surface area contributed by atoms with E-state index in [0.717, 1.165) is 56.2 Å². The number of aromatic nitrogens is 2. The van der Waals surface area contributed by atoms with Gasteiger partial charge in [0.2, 0.25) is 0 Å². The highest BCUT2D eigenvalue weighted by Gasteiger charge is 2.28. The molecular formula is C22H27N3O2. The van der Waals surface area contributed by atoms with Crippen LogP contribution in [0.5, 0.6) is 0 Å². The molecule has 1 aromatic carbocycles. The molecule has 2 aliphatic carbocycles. The van der Waals surface area contributed by atoms with Crippen molar-refractivity contribution in [1.82, 2.24) is 15.1 Å². The monoisotopic (exact) mass is 365 g/mol. The van der Waals surface area contributed by atoms with E-state index < -0.39 is 0 Å². The van der Waals surface area contributed by atoms with E-state index in [0.29, 0.717) is 25.3 Å². The number of benzene rings is 1. The number of hydrogen-bond acceptors (Lipinski definition) is 4. The SMILES string of the molecule is O=c1cc2c(nn1C1CCC(NC3Cc4ccccc4C3)CC1)CCOC2. The van der Waals surface area contributed by atoms with E-state index in [1.54, 1.807) is 10.7 Å². The molecule has 2 heterocycles. The molecule has 142 valence electrons. The van der Waals surface area contributed by atoms with Crippen LogP contribution in [-0.2, 0) is 30.6 Å². The van der Waals surface area contributed by atoms with Crippen molar-refractivity contribution in [2.24, 2.45) is 0 Å². The molecular weight excluding hydrogens is 338 g/mol. The smallest absolute Gasteiger partial charge is 0.267 e. The molecule has 0 bridgehead atoms. The summed E-state index contributed by atoms with van der Waals surface area (Å²) >= 11 is 0. The lowest BCUT2D eigenvalue weighted by atomic mass is 9.90. The fourth-order valence-corrected chi connectivity index (χ4v) is 4.99. The molecule has 1 fully saturated rings. The van der Waals surface area contributed by atoms with Crippen LogP contribution in [0.1, 0.15) is 54.1 Å². The summed E-state index contributed by atoms with van der Waals surface area (Å²) in [7, 11) is 0. The Morgan fingerprint density at radius 2 is 1.74 bits per heavy atom. The van der Waals surface area contributed by atoms with Gasteiger partial charge in [0.1, 0.15) is 0 Å². The van der Waals surface area contributed by atoms with Crippen LogP contribution in [0.3, 0.4) is 0 Å². The second kappa shape index (κ2) is 7.21. The average Bonchev–Trinajstić information content (AvgIpc) is 3.10. The predicted octanol–water partition coefficient (Wildman–Crippen LogP) is 2.56. The van der Waals surface area contributed by atoms with Crippen LogP contribution < -0.4 is 10.9 Å². The van der Waals surface area contributed by atoms with Gasteiger partial charge >= 0.3 is 0 Å². The zero-order chi connectivity index (χ0) is 18.2. The van der Waals surface area contributed by atoms with Gasteiger partial charge in [-0.2, -0.15) is 5.10 Å². The molecule has 27 heavy (non-hydrogen) atoms. The first kappa shape index (κ1) is 17.1. The van der Waals surface area contributed by atoms with Gasteiger partial charge in [0, 0.05) is 30.1 Å². The van der Waals surface area contributed by atoms with Gasteiger partial charge in [0.15, 0.2) is 0 Å². The molecule has 2 aromatic rings. The Labute approximate surface area is 159 Å². The third-order valence-electron chi connectivity index (χ3n) is 6.43. The van der Waals surface area contributed by atoms with Crippen LogP contribution in [-0.4, -0.2) is 28.5 Å². The van der Waals surface area contributed by atoms with E-state index in [2.05, 4.69) is 29.6 Å². The maximum Gasteiger partial charge on any atom is 0.267 e. The summed E-state index contributed by atoms with van der Waals surface area (Å²) in [5.74, 6) is 0. The lowest BCUT2D eigenvalue weighted by molar-refractivity contribution is 0.107. The second-order valence-corrected chi connectivity index (χ2v) is 8.25. The quantitative estimate of drug-likeness (QED) is 0.908. The highest BCUT2D eigenvalue weighted by atomic mass is 16.5. The molecule has 0 unspecified atom stereocenters. The topological polar surface area (TPSA) is 56.2 Å². The minimum atomic E-state index is 0.0295. The van der Waals surface area contributed by atoms with E-state index in [-0.39, 0.29) is 11.6 Å². The molecule has 0 spiro atoms. The zero-order valence-corrected chi connectivity index (χ0v) is 15.7. The van der Waals surface area contributed by atoms with Crippen LogP contribution in [0.15, 0.2) is 35.1 Å². The van der Waals surface area contributed by atoms with Crippen molar-refractivity contribution in [3.05, 3.63) is 63.1 Å². The summed E-state index contributed by atoms with van der Waals surface area (Å²) in [5, 5.41) is 8.57. The minimum Gasteiger partial charge on any atom is -0.376 e. The number of nitrogens with zero attached hydrogens (tertiary/aromatic N) is 2. The molecule has 1 saturated carbocycles. The Morgan fingerprint density at radius 1 is 1.00 bits per heavy atom. The van der Waals surface area contributed by atoms with Crippen LogP contribution in [0.4, 0.5) is 0 Å². The van der Waals surface area contributed by atoms with Gasteiger partial charge in [0.05, 0.1) is 24.9 Å². The van der Waals surface area contributed by atoms with E-state index in [1.807, 2.05) is 0 Å². The molecule has 0 radical (unpaired) electrons. The second-order valence-electron chi connectivity index (χ2n) is 8.25. The Kier molecular flexibility index (Phi) is 4.58. The number of hydrogen-bond donors (Lipinski definition) is 1. The van der Waals surface area contributed by atoms with Crippen molar-refractivity contribution in [3.8, 4) is 0 Å². The Morgan fingerprint density at radius 3 is 2.48 bits per heavy atom. The molecule has 1 aromatic heterocycles. The van der Waals surface area contributed by atoms with Crippen LogP contribution in [0.2, 0.25) is 0 Å². The summed E-state index contributed by atoms with van der Waals surface area (Å²) in [6, 6.07) is 11.9. The van der Waals surface area contributed by atoms with Gasteiger partial charge in [-0.15, -0.1) is 0 Å². The van der Waals surface area contributed by atoms with E-state index >= 15 is 0 Å². The van der Waals surface area contributed by atoms with E-state index in [4.69, 9.17) is 9.84 Å². The molecule has 0 atom stereocenters. The van der Waals surface area contributed by atoms with Crippen LogP contribution in [0, 0.1) is 0 Å². The standard InChI is InChI=1S/C22H27N3O2/c26-22-13-17-14-27-10-9-21(17)24-25(22)20-7-5-18(6-8-20)23-19-11-15-3-1-2-4-16(15)12-19/h1-4,13,18-20,23H,5-12,14H2. The van der Waals surface area contributed by atoms with Gasteiger partial charge in [-0.05, 0) is 49.7 Å². The molecule has 0 saturated heterocycles.